The molecule has 2 aliphatic rings. The van der Waals surface area contributed by atoms with Crippen LogP contribution in [0.4, 0.5) is 0 Å². The zero-order chi connectivity index (χ0) is 21.5. The summed E-state index contributed by atoms with van der Waals surface area (Å²) in [6.07, 6.45) is 4.69. The highest BCUT2D eigenvalue weighted by molar-refractivity contribution is 5.82. The Morgan fingerprint density at radius 3 is 2.68 bits per heavy atom. The summed E-state index contributed by atoms with van der Waals surface area (Å²) in [6, 6.07) is 17.8. The predicted molar refractivity (Wildman–Crippen MR) is 121 cm³/mol. The average Bonchev–Trinajstić information content (AvgIpc) is 3.33. The Labute approximate surface area is 184 Å². The second-order valence-corrected chi connectivity index (χ2v) is 8.32. The van der Waals surface area contributed by atoms with Gasteiger partial charge in [0.2, 0.25) is 5.91 Å². The normalized spacial score (nSPS) is 21.8. The van der Waals surface area contributed by atoms with Gasteiger partial charge in [0.1, 0.15) is 17.9 Å². The van der Waals surface area contributed by atoms with E-state index >= 15 is 0 Å². The van der Waals surface area contributed by atoms with Crippen LogP contribution in [0, 0.1) is 11.3 Å². The van der Waals surface area contributed by atoms with E-state index in [0.717, 1.165) is 67.8 Å². The van der Waals surface area contributed by atoms with Crippen LogP contribution in [0.5, 0.6) is 5.75 Å². The molecule has 6 nitrogen and oxygen atoms in total. The quantitative estimate of drug-likeness (QED) is 0.644. The molecule has 2 aromatic carbocycles. The summed E-state index contributed by atoms with van der Waals surface area (Å²) in [5, 5.41) is 19.0. The SMILES string of the molecule is N#C[C@H](Cc1ccc(-c2ccccc2O[C@@H]2CCNC2)cc1)NC(=O)[C@@H]1CCCCN1. The van der Waals surface area contributed by atoms with Crippen molar-refractivity contribution >= 4 is 5.91 Å². The third-order valence-electron chi connectivity index (χ3n) is 6.00. The number of amides is 1. The second kappa shape index (κ2) is 10.4. The van der Waals surface area contributed by atoms with Crippen molar-refractivity contribution in [1.82, 2.24) is 16.0 Å². The molecule has 0 saturated carbocycles. The summed E-state index contributed by atoms with van der Waals surface area (Å²) in [4.78, 5) is 12.4. The molecule has 0 aromatic heterocycles. The van der Waals surface area contributed by atoms with Gasteiger partial charge in [0.25, 0.3) is 0 Å². The van der Waals surface area contributed by atoms with Crippen LogP contribution in [0.3, 0.4) is 0 Å². The molecule has 162 valence electrons. The minimum atomic E-state index is -0.535. The Morgan fingerprint density at radius 1 is 1.13 bits per heavy atom. The van der Waals surface area contributed by atoms with Crippen LogP contribution in [0.15, 0.2) is 48.5 Å². The fourth-order valence-corrected chi connectivity index (χ4v) is 4.25. The number of nitriles is 1. The highest BCUT2D eigenvalue weighted by Gasteiger charge is 2.23. The number of para-hydroxylation sites is 1. The van der Waals surface area contributed by atoms with Crippen LogP contribution in [0.1, 0.15) is 31.2 Å². The minimum Gasteiger partial charge on any atom is -0.488 e. The number of carbonyl (C=O) groups excluding carboxylic acids is 1. The van der Waals surface area contributed by atoms with Crippen molar-refractivity contribution in [3.05, 3.63) is 54.1 Å². The number of hydrogen-bond acceptors (Lipinski definition) is 5. The Balaban J connectivity index is 1.40. The number of nitrogens with one attached hydrogen (secondary N) is 3. The molecule has 2 aromatic rings. The summed E-state index contributed by atoms with van der Waals surface area (Å²) in [6.45, 7) is 2.74. The first-order valence-corrected chi connectivity index (χ1v) is 11.2. The summed E-state index contributed by atoms with van der Waals surface area (Å²) in [7, 11) is 0. The van der Waals surface area contributed by atoms with Crippen LogP contribution < -0.4 is 20.7 Å². The van der Waals surface area contributed by atoms with Gasteiger partial charge in [-0.25, -0.2) is 0 Å². The van der Waals surface area contributed by atoms with E-state index in [2.05, 4.69) is 40.2 Å². The molecule has 0 unspecified atom stereocenters. The Morgan fingerprint density at radius 2 is 1.97 bits per heavy atom. The number of hydrogen-bond donors (Lipinski definition) is 3. The van der Waals surface area contributed by atoms with Gasteiger partial charge in [0.15, 0.2) is 0 Å². The molecular weight excluding hydrogens is 388 g/mol. The minimum absolute atomic E-state index is 0.0738. The van der Waals surface area contributed by atoms with E-state index in [1.54, 1.807) is 0 Å². The van der Waals surface area contributed by atoms with E-state index in [4.69, 9.17) is 4.74 Å². The van der Waals surface area contributed by atoms with Gasteiger partial charge < -0.3 is 20.7 Å². The van der Waals surface area contributed by atoms with Crippen molar-refractivity contribution in [3.8, 4) is 22.9 Å². The van der Waals surface area contributed by atoms with Crippen molar-refractivity contribution in [2.45, 2.75) is 50.3 Å². The fourth-order valence-electron chi connectivity index (χ4n) is 4.25. The maximum Gasteiger partial charge on any atom is 0.238 e. The maximum absolute atomic E-state index is 12.4. The second-order valence-electron chi connectivity index (χ2n) is 8.32. The van der Waals surface area contributed by atoms with Crippen molar-refractivity contribution in [1.29, 1.82) is 5.26 Å². The third-order valence-corrected chi connectivity index (χ3v) is 6.00. The van der Waals surface area contributed by atoms with Crippen molar-refractivity contribution < 1.29 is 9.53 Å². The molecule has 3 N–H and O–H groups in total. The van der Waals surface area contributed by atoms with Crippen LogP contribution in [-0.2, 0) is 11.2 Å². The Kier molecular flexibility index (Phi) is 7.18. The first-order chi connectivity index (χ1) is 15.2. The first kappa shape index (κ1) is 21.4. The van der Waals surface area contributed by atoms with Gasteiger partial charge >= 0.3 is 0 Å². The van der Waals surface area contributed by atoms with Gasteiger partial charge in [-0.2, -0.15) is 5.26 Å². The zero-order valence-corrected chi connectivity index (χ0v) is 17.8. The molecule has 4 rings (SSSR count). The number of ether oxygens (including phenoxy) is 1. The molecular formula is C25H30N4O2. The van der Waals surface area contributed by atoms with E-state index in [9.17, 15) is 10.1 Å². The van der Waals surface area contributed by atoms with E-state index in [1.807, 2.05) is 30.3 Å². The maximum atomic E-state index is 12.4. The fraction of sp³-hybridized carbons (Fsp3) is 0.440. The molecule has 0 bridgehead atoms. The van der Waals surface area contributed by atoms with Gasteiger partial charge in [-0.3, -0.25) is 4.79 Å². The largest absolute Gasteiger partial charge is 0.488 e. The lowest BCUT2D eigenvalue weighted by Gasteiger charge is -2.23. The average molecular weight is 419 g/mol. The molecule has 2 saturated heterocycles. The molecule has 3 atom stereocenters. The van der Waals surface area contributed by atoms with Gasteiger partial charge in [-0.15, -0.1) is 0 Å². The van der Waals surface area contributed by atoms with Gasteiger partial charge in [-0.1, -0.05) is 48.9 Å². The van der Waals surface area contributed by atoms with Crippen LogP contribution in [-0.4, -0.2) is 43.7 Å². The topological polar surface area (TPSA) is 86.2 Å². The van der Waals surface area contributed by atoms with Crippen molar-refractivity contribution in [2.75, 3.05) is 19.6 Å². The molecule has 0 spiro atoms. The molecule has 31 heavy (non-hydrogen) atoms. The number of piperidine rings is 1. The summed E-state index contributed by atoms with van der Waals surface area (Å²) in [5.41, 5.74) is 3.16. The summed E-state index contributed by atoms with van der Waals surface area (Å²) < 4.78 is 6.22. The number of nitrogens with zero attached hydrogens (tertiary/aromatic N) is 1. The lowest BCUT2D eigenvalue weighted by molar-refractivity contribution is -0.124. The van der Waals surface area contributed by atoms with Crippen molar-refractivity contribution in [2.24, 2.45) is 0 Å². The van der Waals surface area contributed by atoms with Crippen LogP contribution >= 0.6 is 0 Å². The third kappa shape index (κ3) is 5.63. The first-order valence-electron chi connectivity index (χ1n) is 11.2. The predicted octanol–water partition coefficient (Wildman–Crippen LogP) is 2.79. The highest BCUT2D eigenvalue weighted by atomic mass is 16.5. The van der Waals surface area contributed by atoms with Crippen LogP contribution in [0.2, 0.25) is 0 Å². The zero-order valence-electron chi connectivity index (χ0n) is 17.8. The Hall–Kier alpha value is -2.88. The molecule has 0 aliphatic carbocycles. The van der Waals surface area contributed by atoms with E-state index in [0.29, 0.717) is 6.42 Å². The summed E-state index contributed by atoms with van der Waals surface area (Å²) >= 11 is 0. The molecule has 2 aliphatic heterocycles. The van der Waals surface area contributed by atoms with E-state index in [1.165, 1.54) is 0 Å². The van der Waals surface area contributed by atoms with Gasteiger partial charge in [0.05, 0.1) is 12.1 Å². The Bertz CT molecular complexity index is 910. The highest BCUT2D eigenvalue weighted by Crippen LogP contribution is 2.31. The smallest absolute Gasteiger partial charge is 0.238 e. The van der Waals surface area contributed by atoms with E-state index < -0.39 is 6.04 Å². The monoisotopic (exact) mass is 418 g/mol. The standard InChI is InChI=1S/C25H30N4O2/c26-16-20(29-25(30)23-6-3-4-13-28-23)15-18-8-10-19(11-9-18)22-5-1-2-7-24(22)31-21-12-14-27-17-21/h1-2,5,7-11,20-21,23,27-28H,3-4,6,12-15,17H2,(H,29,30)/t20-,21+,23-/m0/s1. The molecule has 0 radical (unpaired) electrons. The lowest BCUT2D eigenvalue weighted by Crippen LogP contribution is -2.49. The van der Waals surface area contributed by atoms with Crippen LogP contribution in [0.25, 0.3) is 11.1 Å². The number of benzene rings is 2. The molecule has 2 fully saturated rings. The van der Waals surface area contributed by atoms with Crippen molar-refractivity contribution in [3.63, 3.8) is 0 Å². The summed E-state index contributed by atoms with van der Waals surface area (Å²) in [5.74, 6) is 0.821. The number of carbonyl (C=O) groups is 1. The van der Waals surface area contributed by atoms with E-state index in [-0.39, 0.29) is 18.1 Å². The van der Waals surface area contributed by atoms with Gasteiger partial charge in [-0.05, 0) is 49.5 Å². The number of rotatable bonds is 7. The molecule has 1 amide bonds. The molecule has 2 heterocycles. The molecule has 6 heteroatoms. The lowest BCUT2D eigenvalue weighted by atomic mass is 9.99. The van der Waals surface area contributed by atoms with Gasteiger partial charge in [0, 0.05) is 18.5 Å².